The zero-order chi connectivity index (χ0) is 17.9. The first-order valence-corrected chi connectivity index (χ1v) is 9.71. The summed E-state index contributed by atoms with van der Waals surface area (Å²) in [6.45, 7) is 3.03. The number of thiophene rings is 1. The van der Waals surface area contributed by atoms with Crippen molar-refractivity contribution in [3.8, 4) is 10.4 Å². The van der Waals surface area contributed by atoms with E-state index in [1.807, 2.05) is 59.5 Å². The molecule has 0 saturated carbocycles. The van der Waals surface area contributed by atoms with Crippen molar-refractivity contribution in [3.05, 3.63) is 70.7 Å². The number of hydrogen-bond acceptors (Lipinski definition) is 4. The molecule has 0 radical (unpaired) electrons. The second-order valence-corrected chi connectivity index (χ2v) is 7.66. The number of aromatic nitrogens is 1. The fourth-order valence-corrected chi connectivity index (χ4v) is 4.16. The number of amides is 1. The van der Waals surface area contributed by atoms with Gasteiger partial charge in [0, 0.05) is 42.3 Å². The topological polar surface area (TPSA) is 36.4 Å². The lowest BCUT2D eigenvalue weighted by Gasteiger charge is -2.35. The molecule has 132 valence electrons. The smallest absolute Gasteiger partial charge is 0.264 e. The van der Waals surface area contributed by atoms with Gasteiger partial charge in [-0.2, -0.15) is 0 Å². The molecule has 0 spiro atoms. The average molecular weight is 384 g/mol. The van der Waals surface area contributed by atoms with Crippen LogP contribution in [0.5, 0.6) is 0 Å². The van der Waals surface area contributed by atoms with Crippen molar-refractivity contribution in [3.63, 3.8) is 0 Å². The van der Waals surface area contributed by atoms with E-state index in [2.05, 4.69) is 9.88 Å². The summed E-state index contributed by atoms with van der Waals surface area (Å²) in [6.07, 6.45) is 1.80. The van der Waals surface area contributed by atoms with Gasteiger partial charge in [-0.1, -0.05) is 29.8 Å². The summed E-state index contributed by atoms with van der Waals surface area (Å²) >= 11 is 7.48. The zero-order valence-corrected chi connectivity index (χ0v) is 15.7. The van der Waals surface area contributed by atoms with E-state index in [1.165, 1.54) is 11.3 Å². The van der Waals surface area contributed by atoms with Crippen molar-refractivity contribution < 1.29 is 4.79 Å². The van der Waals surface area contributed by atoms with Crippen LogP contribution >= 0.6 is 22.9 Å². The van der Waals surface area contributed by atoms with E-state index < -0.39 is 0 Å². The molecular formula is C20H18ClN3OS. The van der Waals surface area contributed by atoms with Crippen LogP contribution < -0.4 is 4.90 Å². The summed E-state index contributed by atoms with van der Waals surface area (Å²) in [5, 5.41) is 0.715. The number of pyridine rings is 1. The van der Waals surface area contributed by atoms with Crippen LogP contribution in [0.1, 0.15) is 9.67 Å². The van der Waals surface area contributed by atoms with E-state index in [1.54, 1.807) is 6.20 Å². The Balaban J connectivity index is 1.42. The molecule has 1 aliphatic heterocycles. The molecule has 1 amide bonds. The van der Waals surface area contributed by atoms with Gasteiger partial charge in [0.25, 0.3) is 5.91 Å². The monoisotopic (exact) mass is 383 g/mol. The molecular weight excluding hydrogens is 366 g/mol. The van der Waals surface area contributed by atoms with Crippen LogP contribution in [0.2, 0.25) is 5.02 Å². The molecule has 3 aromatic rings. The zero-order valence-electron chi connectivity index (χ0n) is 14.1. The highest BCUT2D eigenvalue weighted by atomic mass is 35.5. The van der Waals surface area contributed by atoms with Crippen LogP contribution in [0.25, 0.3) is 10.4 Å². The van der Waals surface area contributed by atoms with E-state index >= 15 is 0 Å². The number of hydrogen-bond donors (Lipinski definition) is 0. The molecule has 0 aliphatic carbocycles. The van der Waals surface area contributed by atoms with Crippen LogP contribution in [0.3, 0.4) is 0 Å². The van der Waals surface area contributed by atoms with Gasteiger partial charge in [-0.15, -0.1) is 11.3 Å². The number of nitrogens with zero attached hydrogens (tertiary/aromatic N) is 3. The fourth-order valence-electron chi connectivity index (χ4n) is 3.06. The summed E-state index contributed by atoms with van der Waals surface area (Å²) in [6, 6.07) is 17.5. The minimum absolute atomic E-state index is 0.107. The number of anilines is 1. The normalized spacial score (nSPS) is 14.5. The van der Waals surface area contributed by atoms with Gasteiger partial charge in [-0.25, -0.2) is 4.98 Å². The molecule has 1 fully saturated rings. The van der Waals surface area contributed by atoms with Crippen LogP contribution in [-0.4, -0.2) is 42.0 Å². The van der Waals surface area contributed by atoms with Gasteiger partial charge in [-0.05, 0) is 42.0 Å². The molecule has 6 heteroatoms. The van der Waals surface area contributed by atoms with Crippen molar-refractivity contribution in [2.24, 2.45) is 0 Å². The number of carbonyl (C=O) groups excluding carboxylic acids is 1. The van der Waals surface area contributed by atoms with Gasteiger partial charge in [-0.3, -0.25) is 4.79 Å². The first-order valence-electron chi connectivity index (χ1n) is 8.52. The summed E-state index contributed by atoms with van der Waals surface area (Å²) in [5.74, 6) is 1.08. The molecule has 26 heavy (non-hydrogen) atoms. The maximum absolute atomic E-state index is 12.8. The Morgan fingerprint density at radius 1 is 0.962 bits per heavy atom. The molecule has 1 aromatic carbocycles. The third kappa shape index (κ3) is 3.59. The molecule has 1 aliphatic rings. The lowest BCUT2D eigenvalue weighted by molar-refractivity contribution is 0.0751. The van der Waals surface area contributed by atoms with E-state index in [0.29, 0.717) is 18.1 Å². The average Bonchev–Trinajstić information content (AvgIpc) is 3.19. The quantitative estimate of drug-likeness (QED) is 0.671. The SMILES string of the molecule is O=C(c1ccc(-c2ccc(Cl)cc2)s1)N1CCN(c2ccccn2)CC1. The van der Waals surface area contributed by atoms with E-state index in [-0.39, 0.29) is 5.91 Å². The first-order chi connectivity index (χ1) is 12.7. The highest BCUT2D eigenvalue weighted by Gasteiger charge is 2.23. The lowest BCUT2D eigenvalue weighted by atomic mass is 10.2. The second-order valence-electron chi connectivity index (χ2n) is 6.14. The highest BCUT2D eigenvalue weighted by molar-refractivity contribution is 7.17. The van der Waals surface area contributed by atoms with Crippen LogP contribution in [-0.2, 0) is 0 Å². The van der Waals surface area contributed by atoms with Crippen LogP contribution in [0, 0.1) is 0 Å². The third-order valence-electron chi connectivity index (χ3n) is 4.49. The summed E-state index contributed by atoms with van der Waals surface area (Å²) < 4.78 is 0. The molecule has 4 rings (SSSR count). The number of halogens is 1. The van der Waals surface area contributed by atoms with E-state index in [9.17, 15) is 4.79 Å². The molecule has 0 bridgehead atoms. The van der Waals surface area contributed by atoms with Crippen LogP contribution in [0.15, 0.2) is 60.8 Å². The minimum atomic E-state index is 0.107. The Kier molecular flexibility index (Phi) is 4.91. The number of carbonyl (C=O) groups is 1. The maximum atomic E-state index is 12.8. The molecule has 2 aromatic heterocycles. The van der Waals surface area contributed by atoms with E-state index in [4.69, 9.17) is 11.6 Å². The van der Waals surface area contributed by atoms with E-state index in [0.717, 1.165) is 34.2 Å². The Labute approximate surface area is 161 Å². The molecule has 3 heterocycles. The Morgan fingerprint density at radius 3 is 2.42 bits per heavy atom. The van der Waals surface area contributed by atoms with Gasteiger partial charge >= 0.3 is 0 Å². The van der Waals surface area contributed by atoms with Gasteiger partial charge in [0.1, 0.15) is 5.82 Å². The Hall–Kier alpha value is -2.37. The minimum Gasteiger partial charge on any atom is -0.353 e. The van der Waals surface area contributed by atoms with Crippen molar-refractivity contribution in [2.45, 2.75) is 0 Å². The van der Waals surface area contributed by atoms with Gasteiger partial charge in [0.15, 0.2) is 0 Å². The number of piperazine rings is 1. The number of rotatable bonds is 3. The summed E-state index contributed by atoms with van der Waals surface area (Å²) in [5.41, 5.74) is 1.08. The second kappa shape index (κ2) is 7.48. The van der Waals surface area contributed by atoms with Crippen molar-refractivity contribution in [2.75, 3.05) is 31.1 Å². The third-order valence-corrected chi connectivity index (χ3v) is 5.86. The summed E-state index contributed by atoms with van der Waals surface area (Å²) in [7, 11) is 0. The molecule has 0 N–H and O–H groups in total. The van der Waals surface area contributed by atoms with Crippen molar-refractivity contribution in [1.29, 1.82) is 0 Å². The fraction of sp³-hybridized carbons (Fsp3) is 0.200. The summed E-state index contributed by atoms with van der Waals surface area (Å²) in [4.78, 5) is 23.2. The molecule has 1 saturated heterocycles. The molecule has 4 nitrogen and oxygen atoms in total. The lowest BCUT2D eigenvalue weighted by Crippen LogP contribution is -2.48. The van der Waals surface area contributed by atoms with Gasteiger partial charge in [0.05, 0.1) is 4.88 Å². The molecule has 0 atom stereocenters. The van der Waals surface area contributed by atoms with Gasteiger partial charge < -0.3 is 9.80 Å². The maximum Gasteiger partial charge on any atom is 0.264 e. The predicted octanol–water partition coefficient (Wildman–Crippen LogP) is 4.43. The number of benzene rings is 1. The molecule has 0 unspecified atom stereocenters. The predicted molar refractivity (Wildman–Crippen MR) is 107 cm³/mol. The Morgan fingerprint density at radius 2 is 1.73 bits per heavy atom. The van der Waals surface area contributed by atoms with Crippen molar-refractivity contribution >= 4 is 34.7 Å². The van der Waals surface area contributed by atoms with Crippen molar-refractivity contribution in [1.82, 2.24) is 9.88 Å². The standard InChI is InChI=1S/C20H18ClN3OS/c21-16-6-4-15(5-7-16)17-8-9-18(26-17)20(25)24-13-11-23(12-14-24)19-3-1-2-10-22-19/h1-10H,11-14H2. The Bertz CT molecular complexity index is 887. The largest absolute Gasteiger partial charge is 0.353 e. The highest BCUT2D eigenvalue weighted by Crippen LogP contribution is 2.30. The van der Waals surface area contributed by atoms with Crippen LogP contribution in [0.4, 0.5) is 5.82 Å². The van der Waals surface area contributed by atoms with Gasteiger partial charge in [0.2, 0.25) is 0 Å². The first kappa shape index (κ1) is 17.1.